The third-order valence-corrected chi connectivity index (χ3v) is 4.25. The molecule has 112 valence electrons. The number of nitrogens with zero attached hydrogens (tertiary/aromatic N) is 2. The molecule has 0 radical (unpaired) electrons. The van der Waals surface area contributed by atoms with Gasteiger partial charge in [0.1, 0.15) is 0 Å². The highest BCUT2D eigenvalue weighted by Gasteiger charge is 2.26. The molecule has 21 heavy (non-hydrogen) atoms. The Morgan fingerprint density at radius 1 is 1.43 bits per heavy atom. The van der Waals surface area contributed by atoms with Crippen molar-refractivity contribution < 1.29 is 4.74 Å². The Morgan fingerprint density at radius 2 is 2.24 bits per heavy atom. The van der Waals surface area contributed by atoms with Crippen LogP contribution in [-0.4, -0.2) is 35.1 Å². The lowest BCUT2D eigenvalue weighted by Gasteiger charge is -2.33. The van der Waals surface area contributed by atoms with Crippen molar-refractivity contribution in [2.75, 3.05) is 13.2 Å². The average Bonchev–Trinajstić information content (AvgIpc) is 3.04. The molecule has 1 aliphatic rings. The van der Waals surface area contributed by atoms with E-state index in [1.54, 1.807) is 6.20 Å². The maximum Gasteiger partial charge on any atom is 0.0921 e. The summed E-state index contributed by atoms with van der Waals surface area (Å²) in [5, 5.41) is 8.64. The molecule has 1 aromatic heterocycles. The molecular formula is C16H20ClN3O. The largest absolute Gasteiger partial charge is 0.373 e. The first-order valence-electron chi connectivity index (χ1n) is 7.31. The lowest BCUT2D eigenvalue weighted by Crippen LogP contribution is -2.49. The fraction of sp³-hybridized carbons (Fsp3) is 0.438. The van der Waals surface area contributed by atoms with Gasteiger partial charge in [-0.25, -0.2) is 0 Å². The zero-order valence-corrected chi connectivity index (χ0v) is 12.8. The SMILES string of the molecule is C[C@@H]([C@H]1CNC(Cc2ccc(Cl)cc2)CO1)n1cccn1. The van der Waals surface area contributed by atoms with E-state index < -0.39 is 0 Å². The first kappa shape index (κ1) is 14.6. The molecule has 1 saturated heterocycles. The van der Waals surface area contributed by atoms with Crippen LogP contribution < -0.4 is 5.32 Å². The van der Waals surface area contributed by atoms with Gasteiger partial charge in [-0.15, -0.1) is 0 Å². The van der Waals surface area contributed by atoms with Crippen molar-refractivity contribution in [2.24, 2.45) is 0 Å². The first-order valence-corrected chi connectivity index (χ1v) is 7.69. The van der Waals surface area contributed by atoms with Gasteiger partial charge in [-0.05, 0) is 37.1 Å². The lowest BCUT2D eigenvalue weighted by atomic mass is 10.0. The average molecular weight is 306 g/mol. The van der Waals surface area contributed by atoms with Crippen molar-refractivity contribution in [3.8, 4) is 0 Å². The van der Waals surface area contributed by atoms with Crippen LogP contribution >= 0.6 is 11.6 Å². The second-order valence-corrected chi connectivity index (χ2v) is 5.97. The maximum atomic E-state index is 6.02. The number of rotatable bonds is 4. The Balaban J connectivity index is 1.52. The van der Waals surface area contributed by atoms with Crippen molar-refractivity contribution in [3.63, 3.8) is 0 Å². The third-order valence-electron chi connectivity index (χ3n) is 3.99. The number of halogens is 1. The highest BCUT2D eigenvalue weighted by atomic mass is 35.5. The molecule has 2 heterocycles. The molecule has 0 spiro atoms. The molecule has 3 atom stereocenters. The minimum atomic E-state index is 0.159. The molecule has 0 amide bonds. The second-order valence-electron chi connectivity index (χ2n) is 5.53. The maximum absolute atomic E-state index is 6.02. The topological polar surface area (TPSA) is 39.1 Å². The van der Waals surface area contributed by atoms with E-state index >= 15 is 0 Å². The summed E-state index contributed by atoms with van der Waals surface area (Å²) in [4.78, 5) is 0. The highest BCUT2D eigenvalue weighted by molar-refractivity contribution is 6.30. The highest BCUT2D eigenvalue weighted by Crippen LogP contribution is 2.18. The molecule has 4 nitrogen and oxygen atoms in total. The molecule has 3 rings (SSSR count). The minimum Gasteiger partial charge on any atom is -0.373 e. The molecule has 0 saturated carbocycles. The molecule has 5 heteroatoms. The van der Waals surface area contributed by atoms with Crippen molar-refractivity contribution >= 4 is 11.6 Å². The molecule has 0 aliphatic carbocycles. The van der Waals surface area contributed by atoms with E-state index in [4.69, 9.17) is 16.3 Å². The first-order chi connectivity index (χ1) is 10.2. The zero-order valence-electron chi connectivity index (χ0n) is 12.1. The number of ether oxygens (including phenoxy) is 1. The van der Waals surface area contributed by atoms with E-state index in [1.807, 2.05) is 29.1 Å². The molecule has 0 bridgehead atoms. The fourth-order valence-corrected chi connectivity index (χ4v) is 2.80. The van der Waals surface area contributed by atoms with Crippen LogP contribution in [0.2, 0.25) is 5.02 Å². The molecule has 1 N–H and O–H groups in total. The van der Waals surface area contributed by atoms with Gasteiger partial charge in [-0.3, -0.25) is 4.68 Å². The standard InChI is InChI=1S/C16H20ClN3O/c1-12(20-8-2-7-19-20)16-10-18-15(11-21-16)9-13-3-5-14(17)6-4-13/h2-8,12,15-16,18H,9-11H2,1H3/t12-,15?,16+/m0/s1. The molecule has 1 unspecified atom stereocenters. The van der Waals surface area contributed by atoms with Crippen molar-refractivity contribution in [1.29, 1.82) is 0 Å². The van der Waals surface area contributed by atoms with Gasteiger partial charge in [0, 0.05) is 30.0 Å². The summed E-state index contributed by atoms with van der Waals surface area (Å²) in [6.07, 6.45) is 4.90. The van der Waals surface area contributed by atoms with E-state index in [9.17, 15) is 0 Å². The van der Waals surface area contributed by atoms with E-state index in [0.29, 0.717) is 6.04 Å². The number of aromatic nitrogens is 2. The number of hydrogen-bond donors (Lipinski definition) is 1. The molecule has 1 aliphatic heterocycles. The van der Waals surface area contributed by atoms with E-state index in [-0.39, 0.29) is 12.1 Å². The van der Waals surface area contributed by atoms with Gasteiger partial charge >= 0.3 is 0 Å². The van der Waals surface area contributed by atoms with Crippen molar-refractivity contribution in [2.45, 2.75) is 31.5 Å². The zero-order chi connectivity index (χ0) is 14.7. The third kappa shape index (κ3) is 3.64. The fourth-order valence-electron chi connectivity index (χ4n) is 2.68. The Labute approximate surface area is 130 Å². The molecule has 1 aromatic carbocycles. The summed E-state index contributed by atoms with van der Waals surface area (Å²) >= 11 is 5.91. The van der Waals surface area contributed by atoms with Gasteiger partial charge < -0.3 is 10.1 Å². The number of benzene rings is 1. The predicted molar refractivity (Wildman–Crippen MR) is 83.6 cm³/mol. The summed E-state index contributed by atoms with van der Waals surface area (Å²) in [6.45, 7) is 3.71. The summed E-state index contributed by atoms with van der Waals surface area (Å²) in [7, 11) is 0. The van der Waals surface area contributed by atoms with Gasteiger partial charge in [0.05, 0.1) is 18.8 Å². The molecular weight excluding hydrogens is 286 g/mol. The van der Waals surface area contributed by atoms with Gasteiger partial charge in [-0.2, -0.15) is 5.10 Å². The van der Waals surface area contributed by atoms with Gasteiger partial charge in [-0.1, -0.05) is 23.7 Å². The monoisotopic (exact) mass is 305 g/mol. The smallest absolute Gasteiger partial charge is 0.0921 e. The summed E-state index contributed by atoms with van der Waals surface area (Å²) in [5.74, 6) is 0. The normalized spacial score (nSPS) is 23.9. The van der Waals surface area contributed by atoms with Crippen LogP contribution in [0.25, 0.3) is 0 Å². The van der Waals surface area contributed by atoms with E-state index in [2.05, 4.69) is 29.5 Å². The number of morpholine rings is 1. The van der Waals surface area contributed by atoms with Crippen LogP contribution in [0.15, 0.2) is 42.7 Å². The number of hydrogen-bond acceptors (Lipinski definition) is 3. The molecule has 2 aromatic rings. The lowest BCUT2D eigenvalue weighted by molar-refractivity contribution is -0.0236. The summed E-state index contributed by atoms with van der Waals surface area (Å²) < 4.78 is 7.97. The van der Waals surface area contributed by atoms with Crippen LogP contribution in [0.3, 0.4) is 0 Å². The Hall–Kier alpha value is -1.36. The molecule has 1 fully saturated rings. The van der Waals surface area contributed by atoms with Crippen LogP contribution in [0.1, 0.15) is 18.5 Å². The van der Waals surface area contributed by atoms with Gasteiger partial charge in [0.2, 0.25) is 0 Å². The van der Waals surface area contributed by atoms with E-state index in [1.165, 1.54) is 5.56 Å². The number of nitrogens with one attached hydrogen (secondary N) is 1. The van der Waals surface area contributed by atoms with Crippen LogP contribution in [0.5, 0.6) is 0 Å². The summed E-state index contributed by atoms with van der Waals surface area (Å²) in [5.41, 5.74) is 1.28. The quantitative estimate of drug-likeness (QED) is 0.944. The van der Waals surface area contributed by atoms with Crippen LogP contribution in [0, 0.1) is 0 Å². The van der Waals surface area contributed by atoms with Crippen molar-refractivity contribution in [1.82, 2.24) is 15.1 Å². The van der Waals surface area contributed by atoms with Gasteiger partial charge in [0.15, 0.2) is 0 Å². The summed E-state index contributed by atoms with van der Waals surface area (Å²) in [6, 6.07) is 10.5. The predicted octanol–water partition coefficient (Wildman–Crippen LogP) is 2.70. The minimum absolute atomic E-state index is 0.159. The Bertz CT molecular complexity index is 547. The van der Waals surface area contributed by atoms with Gasteiger partial charge in [0.25, 0.3) is 0 Å². The second kappa shape index (κ2) is 6.60. The van der Waals surface area contributed by atoms with Crippen LogP contribution in [0.4, 0.5) is 0 Å². The van der Waals surface area contributed by atoms with Crippen LogP contribution in [-0.2, 0) is 11.2 Å². The Kier molecular flexibility index (Phi) is 4.58. The van der Waals surface area contributed by atoms with Crippen molar-refractivity contribution in [3.05, 3.63) is 53.3 Å². The Morgan fingerprint density at radius 3 is 2.86 bits per heavy atom. The van der Waals surface area contributed by atoms with E-state index in [0.717, 1.165) is 24.6 Å².